The highest BCUT2D eigenvalue weighted by Crippen LogP contribution is 2.45. The molecule has 1 saturated carbocycles. The number of aliphatic hydroxyl groups excluding tert-OH is 2. The first-order chi connectivity index (χ1) is 14.5. The highest BCUT2D eigenvalue weighted by atomic mass is 16.5. The fourth-order valence-corrected chi connectivity index (χ4v) is 4.02. The highest BCUT2D eigenvalue weighted by molar-refractivity contribution is 5.77. The summed E-state index contributed by atoms with van der Waals surface area (Å²) < 4.78 is 13.0. The van der Waals surface area contributed by atoms with Crippen LogP contribution in [0.4, 0.5) is 5.95 Å². The van der Waals surface area contributed by atoms with E-state index in [1.165, 1.54) is 6.33 Å². The Morgan fingerprint density at radius 1 is 1.23 bits per heavy atom. The molecular weight excluding hydrogens is 390 g/mol. The van der Waals surface area contributed by atoms with Crippen LogP contribution in [0.15, 0.2) is 6.33 Å². The van der Waals surface area contributed by atoms with E-state index in [1.807, 2.05) is 0 Å². The number of hydrogen-bond acceptors (Lipinski definition) is 9. The van der Waals surface area contributed by atoms with Gasteiger partial charge in [-0.25, -0.2) is 4.98 Å². The number of nitrogens with zero attached hydrogens (tertiary/aromatic N) is 4. The molecule has 0 bridgehead atoms. The molecule has 10 heteroatoms. The van der Waals surface area contributed by atoms with Crippen molar-refractivity contribution in [3.05, 3.63) is 6.33 Å². The number of hydrogen-bond donors (Lipinski definition) is 4. The lowest BCUT2D eigenvalue weighted by Gasteiger charge is -2.34. The molecule has 2 aromatic heterocycles. The van der Waals surface area contributed by atoms with Crippen LogP contribution in [0.2, 0.25) is 0 Å². The first kappa shape index (κ1) is 22.7. The summed E-state index contributed by atoms with van der Waals surface area (Å²) in [7, 11) is 0. The Morgan fingerprint density at radius 2 is 1.97 bits per heavy atom. The Kier molecular flexibility index (Phi) is 7.45. The van der Waals surface area contributed by atoms with Gasteiger partial charge in [0.2, 0.25) is 11.8 Å². The quantitative estimate of drug-likeness (QED) is 0.389. The normalized spacial score (nSPS) is 26.5. The van der Waals surface area contributed by atoms with Crippen molar-refractivity contribution in [2.75, 3.05) is 32.2 Å². The number of aromatic nitrogens is 4. The molecule has 1 fully saturated rings. The predicted octanol–water partition coefficient (Wildman–Crippen LogP) is 1.05. The molecule has 10 nitrogen and oxygen atoms in total. The molecule has 1 aliphatic carbocycles. The van der Waals surface area contributed by atoms with Gasteiger partial charge in [0.25, 0.3) is 0 Å². The van der Waals surface area contributed by atoms with E-state index < -0.39 is 30.3 Å². The van der Waals surface area contributed by atoms with Gasteiger partial charge in [-0.1, -0.05) is 26.7 Å². The van der Waals surface area contributed by atoms with E-state index in [0.717, 1.165) is 25.7 Å². The van der Waals surface area contributed by atoms with Crippen LogP contribution in [0, 0.1) is 5.92 Å². The molecule has 0 unspecified atom stereocenters. The van der Waals surface area contributed by atoms with Crippen LogP contribution in [-0.4, -0.2) is 73.0 Å². The lowest BCUT2D eigenvalue weighted by Crippen LogP contribution is -2.47. The molecule has 0 aromatic carbocycles. The molecule has 0 radical (unpaired) electrons. The monoisotopic (exact) mass is 423 g/mol. The van der Waals surface area contributed by atoms with Gasteiger partial charge in [-0.15, -0.1) is 0 Å². The average molecular weight is 424 g/mol. The number of fused-ring (bicyclic) bond motifs is 1. The van der Waals surface area contributed by atoms with Crippen LogP contribution in [-0.2, 0) is 4.74 Å². The van der Waals surface area contributed by atoms with Gasteiger partial charge >= 0.3 is 0 Å². The van der Waals surface area contributed by atoms with Crippen molar-refractivity contribution in [2.24, 2.45) is 5.92 Å². The lowest BCUT2D eigenvalue weighted by molar-refractivity contribution is -0.107. The van der Waals surface area contributed by atoms with Gasteiger partial charge in [0.05, 0.1) is 38.3 Å². The van der Waals surface area contributed by atoms with Crippen molar-refractivity contribution >= 4 is 17.1 Å². The maximum Gasteiger partial charge on any atom is 0.247 e. The molecule has 2 heterocycles. The SMILES string of the molecule is CCCCOC[C@@H]1[C@@H](O)C[C@H](n2cnc3c(OCCCC)nc(N)nc32)[C@]1(O)CO. The Bertz CT molecular complexity index is 831. The van der Waals surface area contributed by atoms with Crippen molar-refractivity contribution < 1.29 is 24.8 Å². The third-order valence-electron chi connectivity index (χ3n) is 5.82. The molecule has 0 aliphatic heterocycles. The topological polar surface area (TPSA) is 149 Å². The molecule has 168 valence electrons. The van der Waals surface area contributed by atoms with E-state index in [0.29, 0.717) is 24.4 Å². The third-order valence-corrected chi connectivity index (χ3v) is 5.82. The second-order valence-corrected chi connectivity index (χ2v) is 7.92. The molecule has 4 atom stereocenters. The van der Waals surface area contributed by atoms with Gasteiger partial charge in [-0.05, 0) is 19.3 Å². The van der Waals surface area contributed by atoms with Crippen molar-refractivity contribution in [2.45, 2.75) is 63.7 Å². The maximum atomic E-state index is 11.3. The van der Waals surface area contributed by atoms with E-state index in [4.69, 9.17) is 15.2 Å². The zero-order valence-corrected chi connectivity index (χ0v) is 17.7. The van der Waals surface area contributed by atoms with Crippen LogP contribution < -0.4 is 10.5 Å². The summed E-state index contributed by atoms with van der Waals surface area (Å²) >= 11 is 0. The van der Waals surface area contributed by atoms with Gasteiger partial charge < -0.3 is 35.1 Å². The summed E-state index contributed by atoms with van der Waals surface area (Å²) in [4.78, 5) is 12.8. The van der Waals surface area contributed by atoms with Crippen molar-refractivity contribution in [1.29, 1.82) is 0 Å². The molecule has 1 aliphatic rings. The molecule has 5 N–H and O–H groups in total. The minimum atomic E-state index is -1.60. The van der Waals surface area contributed by atoms with Gasteiger partial charge in [0.15, 0.2) is 11.2 Å². The summed E-state index contributed by atoms with van der Waals surface area (Å²) in [5, 5.41) is 32.1. The Morgan fingerprint density at radius 3 is 2.67 bits per heavy atom. The van der Waals surface area contributed by atoms with Crippen molar-refractivity contribution in [3.63, 3.8) is 0 Å². The van der Waals surface area contributed by atoms with Gasteiger partial charge in [-0.2, -0.15) is 9.97 Å². The van der Waals surface area contributed by atoms with E-state index in [2.05, 4.69) is 28.8 Å². The lowest BCUT2D eigenvalue weighted by atomic mass is 9.88. The van der Waals surface area contributed by atoms with Crippen molar-refractivity contribution in [1.82, 2.24) is 19.5 Å². The summed E-state index contributed by atoms with van der Waals surface area (Å²) in [6.45, 7) is 4.77. The zero-order chi connectivity index (χ0) is 21.7. The number of nitrogens with two attached hydrogens (primary N) is 1. The molecule has 3 rings (SSSR count). The molecule has 30 heavy (non-hydrogen) atoms. The maximum absolute atomic E-state index is 11.3. The average Bonchev–Trinajstić information content (AvgIpc) is 3.24. The van der Waals surface area contributed by atoms with E-state index in [9.17, 15) is 15.3 Å². The number of anilines is 1. The van der Waals surface area contributed by atoms with Gasteiger partial charge in [0.1, 0.15) is 5.60 Å². The number of imidazole rings is 1. The molecular formula is C20H33N5O5. The Hall–Kier alpha value is -2.01. The van der Waals surface area contributed by atoms with Crippen LogP contribution in [0.1, 0.15) is 52.0 Å². The van der Waals surface area contributed by atoms with Crippen LogP contribution in [0.3, 0.4) is 0 Å². The minimum absolute atomic E-state index is 0.0290. The second-order valence-electron chi connectivity index (χ2n) is 7.92. The molecule has 0 spiro atoms. The first-order valence-corrected chi connectivity index (χ1v) is 10.7. The van der Waals surface area contributed by atoms with Gasteiger partial charge in [-0.3, -0.25) is 0 Å². The van der Waals surface area contributed by atoms with E-state index >= 15 is 0 Å². The standard InChI is InChI=1S/C20H33N5O5/c1-3-5-7-29-10-13-14(27)9-15(20(13,28)11-26)25-12-22-16-17(25)23-19(21)24-18(16)30-8-6-4-2/h12-15,26-28H,3-11H2,1-2H3,(H2,21,23,24)/t13-,14+,15+,20+/m1/s1. The fraction of sp³-hybridized carbons (Fsp3) is 0.750. The molecule has 2 aromatic rings. The van der Waals surface area contributed by atoms with E-state index in [-0.39, 0.29) is 24.9 Å². The number of ether oxygens (including phenoxy) is 2. The zero-order valence-electron chi connectivity index (χ0n) is 17.7. The largest absolute Gasteiger partial charge is 0.476 e. The number of nitrogen functional groups attached to an aromatic ring is 1. The first-order valence-electron chi connectivity index (χ1n) is 10.7. The second kappa shape index (κ2) is 9.86. The number of rotatable bonds is 11. The smallest absolute Gasteiger partial charge is 0.247 e. The predicted molar refractivity (Wildman–Crippen MR) is 111 cm³/mol. The Balaban J connectivity index is 1.90. The van der Waals surface area contributed by atoms with Crippen LogP contribution in [0.25, 0.3) is 11.2 Å². The minimum Gasteiger partial charge on any atom is -0.476 e. The van der Waals surface area contributed by atoms with Crippen molar-refractivity contribution in [3.8, 4) is 5.88 Å². The highest BCUT2D eigenvalue weighted by Gasteiger charge is 2.55. The van der Waals surface area contributed by atoms with Gasteiger partial charge in [0, 0.05) is 12.5 Å². The van der Waals surface area contributed by atoms with Crippen LogP contribution in [0.5, 0.6) is 5.88 Å². The molecule has 0 saturated heterocycles. The summed E-state index contributed by atoms with van der Waals surface area (Å²) in [6, 6.07) is -0.653. The van der Waals surface area contributed by atoms with Crippen LogP contribution >= 0.6 is 0 Å². The Labute approximate surface area is 176 Å². The fourth-order valence-electron chi connectivity index (χ4n) is 4.02. The summed E-state index contributed by atoms with van der Waals surface area (Å²) in [5.74, 6) is -0.322. The number of unbranched alkanes of at least 4 members (excludes halogenated alkanes) is 2. The molecule has 0 amide bonds. The number of aliphatic hydroxyl groups is 3. The summed E-state index contributed by atoms with van der Waals surface area (Å²) in [6.07, 6.45) is 4.63. The summed E-state index contributed by atoms with van der Waals surface area (Å²) in [5.41, 5.74) is 5.11. The third kappa shape index (κ3) is 4.36. The van der Waals surface area contributed by atoms with E-state index in [1.54, 1.807) is 4.57 Å².